The number of benzene rings is 3. The SMILES string of the molecule is CCC(C)C(=O)Nc1nc2c(ncn2[C@@H]2O[C@H](COC(c3ccccc3)(c3ccc(OC)cc3)c3ccc(OC)cc3)[C@H](O[P+](=O)OC)[C@@H]2O[Si](C)(C)C(C)(C)C)c(=O)[nH]1. The Morgan fingerprint density at radius 3 is 2.05 bits per heavy atom. The number of fused-ring (bicyclic) bond motifs is 1. The highest BCUT2D eigenvalue weighted by molar-refractivity contribution is 7.33. The van der Waals surface area contributed by atoms with Gasteiger partial charge in [0.15, 0.2) is 31.8 Å². The second-order valence-corrected chi connectivity index (χ2v) is 22.0. The van der Waals surface area contributed by atoms with E-state index < -0.39 is 52.3 Å². The van der Waals surface area contributed by atoms with Crippen LogP contribution in [0.3, 0.4) is 0 Å². The summed E-state index contributed by atoms with van der Waals surface area (Å²) in [6.07, 6.45) is -1.89. The molecule has 1 aliphatic rings. The van der Waals surface area contributed by atoms with Crippen molar-refractivity contribution in [3.05, 3.63) is 112 Å². The second kappa shape index (κ2) is 18.4. The van der Waals surface area contributed by atoms with Crippen LogP contribution in [0.2, 0.25) is 18.1 Å². The van der Waals surface area contributed by atoms with Gasteiger partial charge in [-0.1, -0.05) is 89.2 Å². The molecule has 2 aromatic heterocycles. The molecule has 1 fully saturated rings. The van der Waals surface area contributed by atoms with Gasteiger partial charge >= 0.3 is 8.25 Å². The third kappa shape index (κ3) is 9.10. The topological polar surface area (TPSA) is 174 Å². The van der Waals surface area contributed by atoms with Crippen molar-refractivity contribution in [2.24, 2.45) is 5.92 Å². The van der Waals surface area contributed by atoms with E-state index in [4.69, 9.17) is 32.4 Å². The molecule has 2 N–H and O–H groups in total. The number of imidazole rings is 1. The molecular weight excluding hydrogens is 806 g/mol. The third-order valence-electron chi connectivity index (χ3n) is 11.5. The number of hydrogen-bond acceptors (Lipinski definition) is 12. The Hall–Kier alpha value is -4.80. The summed E-state index contributed by atoms with van der Waals surface area (Å²) in [5, 5.41) is 2.45. The molecule has 17 heteroatoms. The van der Waals surface area contributed by atoms with E-state index in [0.29, 0.717) is 17.9 Å². The average molecular weight is 861 g/mol. The van der Waals surface area contributed by atoms with Crippen LogP contribution in [-0.2, 0) is 37.9 Å². The van der Waals surface area contributed by atoms with Gasteiger partial charge in [-0.05, 0) is 65.5 Å². The van der Waals surface area contributed by atoms with Gasteiger partial charge in [0, 0.05) is 10.5 Å². The Morgan fingerprint density at radius 2 is 1.52 bits per heavy atom. The Labute approximate surface area is 352 Å². The second-order valence-electron chi connectivity index (χ2n) is 16.2. The molecule has 5 aromatic rings. The van der Waals surface area contributed by atoms with Gasteiger partial charge in [0.25, 0.3) is 5.56 Å². The van der Waals surface area contributed by atoms with E-state index in [1.54, 1.807) is 25.7 Å². The molecule has 320 valence electrons. The van der Waals surface area contributed by atoms with Crippen LogP contribution < -0.4 is 20.3 Å². The fourth-order valence-corrected chi connectivity index (χ4v) is 8.68. The zero-order valence-electron chi connectivity index (χ0n) is 35.8. The van der Waals surface area contributed by atoms with Crippen LogP contribution in [0, 0.1) is 5.92 Å². The number of carbonyl (C=O) groups excluding carboxylic acids is 1. The lowest BCUT2D eigenvalue weighted by molar-refractivity contribution is -0.119. The number of methoxy groups -OCH3 is 2. The number of rotatable bonds is 17. The van der Waals surface area contributed by atoms with Gasteiger partial charge in [0.2, 0.25) is 11.9 Å². The summed E-state index contributed by atoms with van der Waals surface area (Å²) in [6.45, 7) is 14.1. The molecular formula is C43H55N5O10PSi+. The Bertz CT molecular complexity index is 2270. The van der Waals surface area contributed by atoms with Crippen molar-refractivity contribution in [1.29, 1.82) is 0 Å². The average Bonchev–Trinajstić information content (AvgIpc) is 3.81. The molecule has 15 nitrogen and oxygen atoms in total. The maximum absolute atomic E-state index is 13.4. The molecule has 3 heterocycles. The van der Waals surface area contributed by atoms with Crippen molar-refractivity contribution in [3.63, 3.8) is 0 Å². The minimum atomic E-state index is -2.66. The minimum absolute atomic E-state index is 0.0217. The van der Waals surface area contributed by atoms with Crippen LogP contribution in [0.4, 0.5) is 5.95 Å². The number of H-pyrrole nitrogens is 1. The van der Waals surface area contributed by atoms with Crippen molar-refractivity contribution in [2.45, 2.75) is 89.3 Å². The van der Waals surface area contributed by atoms with E-state index in [1.807, 2.05) is 85.8 Å². The number of amides is 1. The molecule has 60 heavy (non-hydrogen) atoms. The van der Waals surface area contributed by atoms with E-state index >= 15 is 0 Å². The molecule has 1 saturated heterocycles. The molecule has 3 aromatic carbocycles. The molecule has 1 aliphatic heterocycles. The fourth-order valence-electron chi connectivity index (χ4n) is 6.86. The fraction of sp³-hybridized carbons (Fsp3) is 0.442. The minimum Gasteiger partial charge on any atom is -0.497 e. The molecule has 0 bridgehead atoms. The van der Waals surface area contributed by atoms with Crippen LogP contribution in [0.5, 0.6) is 11.5 Å². The molecule has 6 atom stereocenters. The molecule has 6 rings (SSSR count). The molecule has 0 saturated carbocycles. The largest absolute Gasteiger partial charge is 0.697 e. The number of anilines is 1. The summed E-state index contributed by atoms with van der Waals surface area (Å²) < 4.78 is 58.7. The van der Waals surface area contributed by atoms with Gasteiger partial charge in [-0.2, -0.15) is 4.98 Å². The summed E-state index contributed by atoms with van der Waals surface area (Å²) in [7, 11) is -0.798. The number of aromatic amines is 1. The quantitative estimate of drug-likeness (QED) is 0.0523. The molecule has 2 unspecified atom stereocenters. The summed E-state index contributed by atoms with van der Waals surface area (Å²) >= 11 is 0. The lowest BCUT2D eigenvalue weighted by atomic mass is 9.80. The van der Waals surface area contributed by atoms with Crippen LogP contribution >= 0.6 is 8.25 Å². The van der Waals surface area contributed by atoms with E-state index in [0.717, 1.165) is 16.7 Å². The normalized spacial score (nSPS) is 19.3. The number of carbonyl (C=O) groups is 1. The van der Waals surface area contributed by atoms with E-state index in [9.17, 15) is 14.2 Å². The number of nitrogens with one attached hydrogen (secondary N) is 2. The van der Waals surface area contributed by atoms with Crippen molar-refractivity contribution in [2.75, 3.05) is 33.3 Å². The first-order valence-corrected chi connectivity index (χ1v) is 23.8. The summed E-state index contributed by atoms with van der Waals surface area (Å²) in [5.41, 5.74) is 0.774. The lowest BCUT2D eigenvalue weighted by Crippen LogP contribution is -2.49. The zero-order chi connectivity index (χ0) is 43.4. The highest BCUT2D eigenvalue weighted by Gasteiger charge is 2.56. The van der Waals surface area contributed by atoms with E-state index in [-0.39, 0.29) is 40.6 Å². The van der Waals surface area contributed by atoms with Crippen molar-refractivity contribution >= 4 is 39.6 Å². The van der Waals surface area contributed by atoms with Gasteiger partial charge in [-0.15, -0.1) is 9.05 Å². The number of nitrogens with zero attached hydrogens (tertiary/aromatic N) is 3. The highest BCUT2D eigenvalue weighted by Crippen LogP contribution is 2.47. The van der Waals surface area contributed by atoms with Gasteiger partial charge < -0.3 is 23.4 Å². The summed E-state index contributed by atoms with van der Waals surface area (Å²) in [6, 6.07) is 25.1. The smallest absolute Gasteiger partial charge is 0.497 e. The molecule has 0 aliphatic carbocycles. The van der Waals surface area contributed by atoms with Crippen molar-refractivity contribution < 1.29 is 41.8 Å². The van der Waals surface area contributed by atoms with Crippen LogP contribution in [0.25, 0.3) is 11.2 Å². The van der Waals surface area contributed by atoms with Crippen LogP contribution in [-0.4, -0.2) is 80.0 Å². The van der Waals surface area contributed by atoms with Crippen LogP contribution in [0.15, 0.2) is 90.0 Å². The zero-order valence-corrected chi connectivity index (χ0v) is 37.6. The number of hydrogen-bond donors (Lipinski definition) is 2. The number of aromatic nitrogens is 4. The summed E-state index contributed by atoms with van der Waals surface area (Å²) in [4.78, 5) is 38.0. The molecule has 0 spiro atoms. The molecule has 0 radical (unpaired) electrons. The van der Waals surface area contributed by atoms with Crippen LogP contribution in [0.1, 0.15) is 64.0 Å². The van der Waals surface area contributed by atoms with Gasteiger partial charge in [-0.3, -0.25) is 24.5 Å². The van der Waals surface area contributed by atoms with E-state index in [2.05, 4.69) is 54.1 Å². The molecule has 1 amide bonds. The predicted molar refractivity (Wildman–Crippen MR) is 230 cm³/mol. The third-order valence-corrected chi connectivity index (χ3v) is 16.7. The summed E-state index contributed by atoms with van der Waals surface area (Å²) in [5.74, 6) is 0.676. The first-order valence-electron chi connectivity index (χ1n) is 19.8. The van der Waals surface area contributed by atoms with Gasteiger partial charge in [0.1, 0.15) is 29.3 Å². The maximum Gasteiger partial charge on any atom is 0.697 e. The lowest BCUT2D eigenvalue weighted by Gasteiger charge is -2.40. The van der Waals surface area contributed by atoms with E-state index in [1.165, 1.54) is 13.4 Å². The number of ether oxygens (including phenoxy) is 4. The van der Waals surface area contributed by atoms with Crippen molar-refractivity contribution in [1.82, 2.24) is 19.5 Å². The maximum atomic E-state index is 13.4. The standard InChI is InChI=1S/C43H54N5O10PSi/c1-11-27(2)38(49)46-41-45-37-34(39(50)47-41)44-26-48(37)40-36(58-60(9,10)42(3,4)5)35(57-59(51)54-8)33(56-40)25-55-43(28-15-13-12-14-16-28,29-17-21-31(52-6)22-18-29)30-19-23-32(53-7)24-20-30/h12-24,26-27,33,35-36,40H,11,25H2,1-10H3,(H-,45,46,47,49,50)/p+1/t27?,33-,35+,36+,40-/m1/s1. The first kappa shape index (κ1) is 44.7. The van der Waals surface area contributed by atoms with Gasteiger partial charge in [-0.25, -0.2) is 4.98 Å². The van der Waals surface area contributed by atoms with Gasteiger partial charge in [0.05, 0.1) is 34.3 Å². The monoisotopic (exact) mass is 860 g/mol. The van der Waals surface area contributed by atoms with Crippen molar-refractivity contribution in [3.8, 4) is 11.5 Å². The first-order chi connectivity index (χ1) is 28.6. The highest BCUT2D eigenvalue weighted by atomic mass is 31.1. The predicted octanol–water partition coefficient (Wildman–Crippen LogP) is 8.11. The Kier molecular flexibility index (Phi) is 13.8. The Balaban J connectivity index is 1.51. The Morgan fingerprint density at radius 1 is 0.933 bits per heavy atom.